The number of esters is 1. The van der Waals surface area contributed by atoms with Gasteiger partial charge in [-0.3, -0.25) is 4.90 Å². The van der Waals surface area contributed by atoms with Crippen LogP contribution in [0.2, 0.25) is 0 Å². The smallest absolute Gasteiger partial charge is 0.350 e. The molecule has 3 N–H and O–H groups in total. The first-order valence-electron chi connectivity index (χ1n) is 9.90. The maximum atomic E-state index is 12.4. The summed E-state index contributed by atoms with van der Waals surface area (Å²) in [5, 5.41) is 0.947. The van der Waals surface area contributed by atoms with Gasteiger partial charge in [0.2, 0.25) is 0 Å². The first-order valence-corrected chi connectivity index (χ1v) is 10.7. The zero-order chi connectivity index (χ0) is 19.9. The number of ether oxygens (including phenoxy) is 3. The highest BCUT2D eigenvalue weighted by molar-refractivity contribution is 7.20. The molecule has 1 atom stereocenters. The fourth-order valence-electron chi connectivity index (χ4n) is 3.96. The first-order chi connectivity index (χ1) is 13.5. The maximum absolute atomic E-state index is 12.4. The summed E-state index contributed by atoms with van der Waals surface area (Å²) in [5.41, 5.74) is 9.08. The second kappa shape index (κ2) is 7.50. The van der Waals surface area contributed by atoms with Crippen LogP contribution in [0.15, 0.2) is 0 Å². The molecule has 4 heterocycles. The molecule has 1 saturated heterocycles. The maximum Gasteiger partial charge on any atom is 0.350 e. The van der Waals surface area contributed by atoms with Crippen molar-refractivity contribution in [3.05, 3.63) is 16.0 Å². The first kappa shape index (κ1) is 19.4. The average Bonchev–Trinajstić information content (AvgIpc) is 3.05. The van der Waals surface area contributed by atoms with Crippen LogP contribution in [0.3, 0.4) is 0 Å². The Bertz CT molecular complexity index is 907. The Labute approximate surface area is 168 Å². The summed E-state index contributed by atoms with van der Waals surface area (Å²) in [5.74, 6) is 0.696. The topological polar surface area (TPSA) is 88.2 Å². The number of H-pyrrole nitrogens is 1. The van der Waals surface area contributed by atoms with E-state index >= 15 is 0 Å². The van der Waals surface area contributed by atoms with Crippen LogP contribution in [0, 0.1) is 0 Å². The fraction of sp³-hybridized carbons (Fsp3) is 0.600. The Kier molecular flexibility index (Phi) is 5.20. The number of nitrogens with two attached hydrogens (primary N) is 1. The second-order valence-electron chi connectivity index (χ2n) is 7.57. The number of fused-ring (bicyclic) bond motifs is 3. The van der Waals surface area contributed by atoms with Gasteiger partial charge in [0.15, 0.2) is 4.83 Å². The number of aromatic nitrogens is 1. The Morgan fingerprint density at radius 2 is 2.07 bits per heavy atom. The molecule has 2 aromatic rings. The van der Waals surface area contributed by atoms with Gasteiger partial charge < -0.3 is 19.9 Å². The third-order valence-corrected chi connectivity index (χ3v) is 6.88. The van der Waals surface area contributed by atoms with Gasteiger partial charge >= 0.3 is 5.97 Å². The molecule has 8 heteroatoms. The molecule has 28 heavy (non-hydrogen) atoms. The van der Waals surface area contributed by atoms with Crippen LogP contribution >= 0.6 is 11.3 Å². The molecule has 4 rings (SSSR count). The van der Waals surface area contributed by atoms with E-state index in [2.05, 4.69) is 23.7 Å². The second-order valence-corrected chi connectivity index (χ2v) is 8.59. The molecule has 0 amide bonds. The SMILES string of the molecule is CCOC(=O)c1sc2[nH+]c(N3CCOCC3)c3c(c2c1N)C[C@@](C)(CC)OC3. The van der Waals surface area contributed by atoms with Crippen molar-refractivity contribution in [1.82, 2.24) is 0 Å². The summed E-state index contributed by atoms with van der Waals surface area (Å²) >= 11 is 1.38. The van der Waals surface area contributed by atoms with Crippen LogP contribution in [-0.2, 0) is 27.2 Å². The quantitative estimate of drug-likeness (QED) is 0.785. The molecule has 0 bridgehead atoms. The molecule has 2 aromatic heterocycles. The molecule has 152 valence electrons. The standard InChI is InChI=1S/C20H27N3O4S/c1-4-20(3)10-12-13(11-27-20)17(23-6-8-25-9-7-23)22-18-14(12)15(21)16(28-18)19(24)26-5-2/h4-11,21H2,1-3H3/p+1/t20-/m1/s1. The number of nitrogen functional groups attached to an aromatic ring is 1. The van der Waals surface area contributed by atoms with E-state index in [1.807, 2.05) is 0 Å². The molecule has 0 spiro atoms. The number of hydrogen-bond donors (Lipinski definition) is 1. The minimum Gasteiger partial charge on any atom is -0.462 e. The lowest BCUT2D eigenvalue weighted by Gasteiger charge is -2.35. The molecule has 7 nitrogen and oxygen atoms in total. The Morgan fingerprint density at radius 1 is 1.32 bits per heavy atom. The molecular formula is C20H28N3O4S+. The van der Waals surface area contributed by atoms with Crippen molar-refractivity contribution in [3.63, 3.8) is 0 Å². The predicted octanol–water partition coefficient (Wildman–Crippen LogP) is 2.55. The van der Waals surface area contributed by atoms with E-state index in [-0.39, 0.29) is 11.6 Å². The van der Waals surface area contributed by atoms with Crippen molar-refractivity contribution in [1.29, 1.82) is 0 Å². The molecule has 0 aliphatic carbocycles. The van der Waals surface area contributed by atoms with Gasteiger partial charge in [0.1, 0.15) is 18.0 Å². The van der Waals surface area contributed by atoms with Gasteiger partial charge in [-0.1, -0.05) is 18.3 Å². The summed E-state index contributed by atoms with van der Waals surface area (Å²) in [6.07, 6.45) is 1.68. The summed E-state index contributed by atoms with van der Waals surface area (Å²) in [7, 11) is 0. The minimum absolute atomic E-state index is 0.234. The number of pyridine rings is 1. The van der Waals surface area contributed by atoms with E-state index in [0.29, 0.717) is 37.0 Å². The largest absolute Gasteiger partial charge is 0.462 e. The normalized spacial score (nSPS) is 22.3. The highest BCUT2D eigenvalue weighted by Gasteiger charge is 2.38. The molecule has 0 unspecified atom stereocenters. The van der Waals surface area contributed by atoms with E-state index in [0.717, 1.165) is 47.5 Å². The molecule has 1 fully saturated rings. The number of rotatable bonds is 4. The minimum atomic E-state index is -0.360. The number of carbonyl (C=O) groups excluding carboxylic acids is 1. The monoisotopic (exact) mass is 406 g/mol. The number of nitrogens with zero attached hydrogens (tertiary/aromatic N) is 1. The van der Waals surface area contributed by atoms with Crippen LogP contribution in [0.25, 0.3) is 10.2 Å². The summed E-state index contributed by atoms with van der Waals surface area (Å²) in [6, 6.07) is 0. The van der Waals surface area contributed by atoms with Crippen LogP contribution in [0.4, 0.5) is 11.5 Å². The van der Waals surface area contributed by atoms with Crippen molar-refractivity contribution in [2.24, 2.45) is 0 Å². The fourth-order valence-corrected chi connectivity index (χ4v) is 5.00. The molecule has 0 aromatic carbocycles. The number of anilines is 2. The van der Waals surface area contributed by atoms with E-state index in [9.17, 15) is 4.79 Å². The van der Waals surface area contributed by atoms with E-state index < -0.39 is 0 Å². The van der Waals surface area contributed by atoms with Crippen LogP contribution in [-0.4, -0.2) is 44.5 Å². The molecule has 0 radical (unpaired) electrons. The van der Waals surface area contributed by atoms with Gasteiger partial charge in [0, 0.05) is 6.42 Å². The van der Waals surface area contributed by atoms with E-state index in [4.69, 9.17) is 19.9 Å². The summed E-state index contributed by atoms with van der Waals surface area (Å²) in [6.45, 7) is 10.00. The number of nitrogens with one attached hydrogen (secondary N) is 1. The van der Waals surface area contributed by atoms with Crippen LogP contribution in [0.1, 0.15) is 48.0 Å². The lowest BCUT2D eigenvalue weighted by molar-refractivity contribution is -0.329. The average molecular weight is 407 g/mol. The van der Waals surface area contributed by atoms with Crippen molar-refractivity contribution >= 4 is 39.0 Å². The predicted molar refractivity (Wildman–Crippen MR) is 109 cm³/mol. The Balaban J connectivity index is 1.91. The van der Waals surface area contributed by atoms with Crippen molar-refractivity contribution in [2.75, 3.05) is 43.5 Å². The van der Waals surface area contributed by atoms with Crippen molar-refractivity contribution in [2.45, 2.75) is 45.8 Å². The van der Waals surface area contributed by atoms with Gasteiger partial charge in [-0.15, -0.1) is 0 Å². The zero-order valence-corrected chi connectivity index (χ0v) is 17.5. The Hall–Kier alpha value is -1.90. The van der Waals surface area contributed by atoms with E-state index in [1.165, 1.54) is 16.9 Å². The number of thiophene rings is 1. The van der Waals surface area contributed by atoms with Gasteiger partial charge in [-0.2, -0.15) is 0 Å². The van der Waals surface area contributed by atoms with Crippen LogP contribution in [0.5, 0.6) is 0 Å². The van der Waals surface area contributed by atoms with Crippen LogP contribution < -0.4 is 15.6 Å². The molecule has 0 saturated carbocycles. The van der Waals surface area contributed by atoms with Gasteiger partial charge in [-0.05, 0) is 25.8 Å². The van der Waals surface area contributed by atoms with Gasteiger partial charge in [0.05, 0.1) is 48.7 Å². The number of carbonyl (C=O) groups is 1. The Morgan fingerprint density at radius 3 is 2.75 bits per heavy atom. The molecular weight excluding hydrogens is 378 g/mol. The number of hydrogen-bond acceptors (Lipinski definition) is 7. The summed E-state index contributed by atoms with van der Waals surface area (Å²) in [4.78, 5) is 19.7. The third-order valence-electron chi connectivity index (χ3n) is 5.78. The molecule has 2 aliphatic rings. The highest BCUT2D eigenvalue weighted by Crippen LogP contribution is 2.42. The van der Waals surface area contributed by atoms with Gasteiger partial charge in [0.25, 0.3) is 5.82 Å². The number of aromatic amines is 1. The van der Waals surface area contributed by atoms with E-state index in [1.54, 1.807) is 6.92 Å². The molecule has 2 aliphatic heterocycles. The zero-order valence-electron chi connectivity index (χ0n) is 16.7. The van der Waals surface area contributed by atoms with Crippen molar-refractivity contribution < 1.29 is 24.0 Å². The highest BCUT2D eigenvalue weighted by atomic mass is 32.1. The lowest BCUT2D eigenvalue weighted by Crippen LogP contribution is -2.42. The van der Waals surface area contributed by atoms with Gasteiger partial charge in [-0.25, -0.2) is 9.78 Å². The lowest BCUT2D eigenvalue weighted by atomic mass is 9.87. The van der Waals surface area contributed by atoms with Crippen molar-refractivity contribution in [3.8, 4) is 0 Å². The summed E-state index contributed by atoms with van der Waals surface area (Å²) < 4.78 is 17.0. The number of morpholine rings is 1. The third kappa shape index (κ3) is 3.23.